The molecule has 0 aliphatic rings. The van der Waals surface area contributed by atoms with Crippen molar-refractivity contribution in [2.45, 2.75) is 126 Å². The van der Waals surface area contributed by atoms with Crippen LogP contribution in [0.5, 0.6) is 0 Å². The number of unbranched alkanes of at least 4 members (excludes halogenated alkanes) is 12. The van der Waals surface area contributed by atoms with Crippen LogP contribution in [0, 0.1) is 0 Å². The van der Waals surface area contributed by atoms with Gasteiger partial charge in [0.2, 0.25) is 0 Å². The maximum atomic E-state index is 5.69. The average molecular weight is 556 g/mol. The van der Waals surface area contributed by atoms with Crippen molar-refractivity contribution in [3.63, 3.8) is 0 Å². The zero-order valence-electron chi connectivity index (χ0n) is 18.4. The van der Waals surface area contributed by atoms with Crippen molar-refractivity contribution in [3.05, 3.63) is 0 Å². The summed E-state index contributed by atoms with van der Waals surface area (Å²) in [6, 6.07) is 0. The monoisotopic (exact) mass is 556 g/mol. The molecule has 0 N–H and O–H groups in total. The predicted molar refractivity (Wildman–Crippen MR) is 143 cm³/mol. The third kappa shape index (κ3) is 20.7. The first-order chi connectivity index (χ1) is 12.9. The van der Waals surface area contributed by atoms with Gasteiger partial charge in [-0.15, -0.1) is 0 Å². The minimum atomic E-state index is -2.23. The van der Waals surface area contributed by atoms with Crippen molar-refractivity contribution in [2.24, 2.45) is 0 Å². The molecule has 27 heavy (non-hydrogen) atoms. The summed E-state index contributed by atoms with van der Waals surface area (Å²) in [5.74, 6) is 0. The Morgan fingerprint density at radius 2 is 0.852 bits per heavy atom. The Kier molecular flexibility index (Phi) is 20.9. The molecule has 0 aromatic heterocycles. The molecule has 0 saturated heterocycles. The van der Waals surface area contributed by atoms with Crippen molar-refractivity contribution >= 4 is 66.3 Å². The van der Waals surface area contributed by atoms with E-state index in [0.717, 1.165) is 12.8 Å². The third-order valence-corrected chi connectivity index (χ3v) is 26.0. The summed E-state index contributed by atoms with van der Waals surface area (Å²) in [6.07, 6.45) is 21.4. The van der Waals surface area contributed by atoms with Gasteiger partial charge in [-0.25, -0.2) is 0 Å². The Bertz CT molecular complexity index is 349. The topological polar surface area (TPSA) is 0 Å². The summed E-state index contributed by atoms with van der Waals surface area (Å²) in [6.45, 7) is 4.56. The van der Waals surface area contributed by atoms with Crippen LogP contribution in [0.1, 0.15) is 117 Å². The van der Waals surface area contributed by atoms with E-state index in [4.69, 9.17) is 24.4 Å². The van der Waals surface area contributed by atoms with E-state index in [1.54, 1.807) is 0 Å². The molecule has 160 valence electrons. The summed E-state index contributed by atoms with van der Waals surface area (Å²) in [4.78, 5) is 4.97. The number of hydrogen-bond acceptors (Lipinski definition) is 4. The van der Waals surface area contributed by atoms with Gasteiger partial charge in [0.1, 0.15) is 0 Å². The Hall–Kier alpha value is 1.68. The van der Waals surface area contributed by atoms with Crippen LogP contribution in [0.2, 0.25) is 9.88 Å². The average Bonchev–Trinajstić information content (AvgIpc) is 2.59. The summed E-state index contributed by atoms with van der Waals surface area (Å²) < 4.78 is 2.52. The van der Waals surface area contributed by atoms with Crippen LogP contribution in [0.15, 0.2) is 0 Å². The Morgan fingerprint density at radius 1 is 0.556 bits per heavy atom. The first-order valence-electron chi connectivity index (χ1n) is 11.3. The van der Waals surface area contributed by atoms with Crippen LogP contribution in [-0.2, 0) is 0 Å². The molecule has 0 fully saturated rings. The molecule has 0 nitrogen and oxygen atoms in total. The van der Waals surface area contributed by atoms with Gasteiger partial charge in [-0.1, -0.05) is 0 Å². The molecule has 0 spiro atoms. The molecule has 0 aliphatic heterocycles. The Labute approximate surface area is 191 Å². The molecule has 0 bridgehead atoms. The standard InChI is InChI=1S/2C10H20S2.2CH3.Sn/c2*1-2-3-4-5-6-7-8-9-10(11)12;;;/h2*2-9H2,1H3,(H,11,12);2*1H3;/q;;;;+2/p-2. The third-order valence-electron chi connectivity index (χ3n) is 4.69. The molecule has 0 radical (unpaired) electrons. The predicted octanol–water partition coefficient (Wildman–Crippen LogP) is 10.1. The van der Waals surface area contributed by atoms with E-state index >= 15 is 0 Å². The molecule has 5 heteroatoms. The van der Waals surface area contributed by atoms with Crippen molar-refractivity contribution in [1.82, 2.24) is 0 Å². The van der Waals surface area contributed by atoms with E-state index in [-0.39, 0.29) is 0 Å². The van der Waals surface area contributed by atoms with Crippen LogP contribution in [0.3, 0.4) is 0 Å². The van der Waals surface area contributed by atoms with Gasteiger partial charge < -0.3 is 0 Å². The summed E-state index contributed by atoms with van der Waals surface area (Å²) in [7, 11) is 4.14. The number of thiocarbonyl (C=S) groups is 2. The van der Waals surface area contributed by atoms with Crippen molar-refractivity contribution in [2.75, 3.05) is 0 Å². The molecular weight excluding hydrogens is 511 g/mol. The molecule has 0 aromatic carbocycles. The van der Waals surface area contributed by atoms with Crippen LogP contribution in [-0.4, -0.2) is 24.0 Å². The molecule has 0 unspecified atom stereocenters. The second-order valence-electron chi connectivity index (χ2n) is 8.09. The van der Waals surface area contributed by atoms with E-state index < -0.39 is 15.6 Å². The Balaban J connectivity index is 3.74. The molecule has 0 saturated carbocycles. The quantitative estimate of drug-likeness (QED) is 0.0937. The van der Waals surface area contributed by atoms with Gasteiger partial charge in [0.05, 0.1) is 0 Å². The molecule has 0 amide bonds. The SMILES string of the molecule is CCCCCCCCCC(=S)[S][Sn]([CH3])([CH3])[S]C(=S)CCCCCCCCC. The molecular formula is C22H44S4Sn. The maximum absolute atomic E-state index is 5.69. The van der Waals surface area contributed by atoms with Gasteiger partial charge in [0, 0.05) is 0 Å². The fourth-order valence-electron chi connectivity index (χ4n) is 3.12. The van der Waals surface area contributed by atoms with E-state index in [1.165, 1.54) is 98.3 Å². The summed E-state index contributed by atoms with van der Waals surface area (Å²) in [5.41, 5.74) is 0. The first kappa shape index (κ1) is 28.7. The van der Waals surface area contributed by atoms with Crippen LogP contribution in [0.4, 0.5) is 0 Å². The van der Waals surface area contributed by atoms with Crippen LogP contribution >= 0.6 is 42.3 Å². The van der Waals surface area contributed by atoms with Gasteiger partial charge in [-0.2, -0.15) is 0 Å². The van der Waals surface area contributed by atoms with Crippen LogP contribution in [0.25, 0.3) is 0 Å². The van der Waals surface area contributed by atoms with Gasteiger partial charge in [-0.05, 0) is 0 Å². The fourth-order valence-corrected chi connectivity index (χ4v) is 31.9. The molecule has 0 atom stereocenters. The van der Waals surface area contributed by atoms with Gasteiger partial charge in [-0.3, -0.25) is 0 Å². The minimum absolute atomic E-state index is 1.14. The van der Waals surface area contributed by atoms with E-state index in [2.05, 4.69) is 41.6 Å². The van der Waals surface area contributed by atoms with Crippen molar-refractivity contribution < 1.29 is 0 Å². The van der Waals surface area contributed by atoms with Crippen molar-refractivity contribution in [3.8, 4) is 0 Å². The number of rotatable bonds is 18. The second-order valence-corrected chi connectivity index (χ2v) is 37.9. The summed E-state index contributed by atoms with van der Waals surface area (Å²) in [5, 5.41) is 0. The van der Waals surface area contributed by atoms with E-state index in [0.29, 0.717) is 0 Å². The van der Waals surface area contributed by atoms with Gasteiger partial charge >= 0.3 is 193 Å². The van der Waals surface area contributed by atoms with Crippen molar-refractivity contribution in [1.29, 1.82) is 0 Å². The van der Waals surface area contributed by atoms with E-state index in [9.17, 15) is 0 Å². The second kappa shape index (κ2) is 19.6. The van der Waals surface area contributed by atoms with E-state index in [1.807, 2.05) is 0 Å². The zero-order valence-corrected chi connectivity index (χ0v) is 24.6. The van der Waals surface area contributed by atoms with Crippen LogP contribution < -0.4 is 0 Å². The molecule has 0 heterocycles. The fraction of sp³-hybridized carbons (Fsp3) is 0.909. The molecule has 0 aromatic rings. The molecule has 0 aliphatic carbocycles. The number of hydrogen-bond donors (Lipinski definition) is 0. The summed E-state index contributed by atoms with van der Waals surface area (Å²) >= 11 is 9.15. The normalized spacial score (nSPS) is 11.7. The van der Waals surface area contributed by atoms with Gasteiger partial charge in [0.15, 0.2) is 0 Å². The Morgan fingerprint density at radius 3 is 1.19 bits per heavy atom. The first-order valence-corrected chi connectivity index (χ1v) is 26.5. The molecule has 0 rings (SSSR count). The van der Waals surface area contributed by atoms with Gasteiger partial charge in [0.25, 0.3) is 0 Å². The zero-order chi connectivity index (χ0) is 20.4.